The summed E-state index contributed by atoms with van der Waals surface area (Å²) in [4.78, 5) is 3.99. The van der Waals surface area contributed by atoms with Crippen molar-refractivity contribution in [3.05, 3.63) is 48.2 Å². The van der Waals surface area contributed by atoms with E-state index in [0.717, 1.165) is 6.07 Å². The molecule has 0 saturated heterocycles. The Labute approximate surface area is 91.5 Å². The van der Waals surface area contributed by atoms with Crippen LogP contribution in [0.25, 0.3) is 11.3 Å². The van der Waals surface area contributed by atoms with Gasteiger partial charge in [0.2, 0.25) is 0 Å². The first-order valence-electron chi connectivity index (χ1n) is 4.67. The highest BCUT2D eigenvalue weighted by Crippen LogP contribution is 2.23. The summed E-state index contributed by atoms with van der Waals surface area (Å²) in [5, 5.41) is 0. The van der Waals surface area contributed by atoms with Crippen LogP contribution in [0.15, 0.2) is 36.5 Å². The van der Waals surface area contributed by atoms with Crippen molar-refractivity contribution < 1.29 is 13.5 Å². The lowest BCUT2D eigenvalue weighted by Gasteiger charge is -2.04. The third-order valence-corrected chi connectivity index (χ3v) is 2.20. The second kappa shape index (κ2) is 4.26. The number of methoxy groups -OCH3 is 1. The summed E-state index contributed by atoms with van der Waals surface area (Å²) in [5.41, 5.74) is 0.514. The van der Waals surface area contributed by atoms with Crippen LogP contribution >= 0.6 is 0 Å². The van der Waals surface area contributed by atoms with Crippen molar-refractivity contribution in [3.8, 4) is 17.0 Å². The number of halogens is 2. The Morgan fingerprint density at radius 1 is 1.12 bits per heavy atom. The number of pyridine rings is 1. The van der Waals surface area contributed by atoms with Crippen molar-refractivity contribution in [1.82, 2.24) is 4.98 Å². The predicted molar refractivity (Wildman–Crippen MR) is 56.1 cm³/mol. The molecule has 0 spiro atoms. The summed E-state index contributed by atoms with van der Waals surface area (Å²) >= 11 is 0. The maximum atomic E-state index is 13.4. The van der Waals surface area contributed by atoms with Crippen LogP contribution in [0, 0.1) is 11.6 Å². The smallest absolute Gasteiger partial charge is 0.168 e. The van der Waals surface area contributed by atoms with Crippen molar-refractivity contribution in [3.63, 3.8) is 0 Å². The predicted octanol–water partition coefficient (Wildman–Crippen LogP) is 3.04. The topological polar surface area (TPSA) is 22.1 Å². The molecule has 1 aromatic carbocycles. The Bertz CT molecular complexity index is 497. The number of hydrogen-bond acceptors (Lipinski definition) is 2. The second-order valence-electron chi connectivity index (χ2n) is 3.18. The number of aromatic nitrogens is 1. The van der Waals surface area contributed by atoms with E-state index in [1.54, 1.807) is 12.1 Å². The van der Waals surface area contributed by atoms with Gasteiger partial charge in [-0.25, -0.2) is 8.78 Å². The van der Waals surface area contributed by atoms with E-state index < -0.39 is 11.6 Å². The van der Waals surface area contributed by atoms with E-state index in [4.69, 9.17) is 4.74 Å². The summed E-state index contributed by atoms with van der Waals surface area (Å²) < 4.78 is 31.3. The SMILES string of the molecule is COc1ccc(-c2cccc(F)c2F)nc1. The van der Waals surface area contributed by atoms with Crippen molar-refractivity contribution in [2.45, 2.75) is 0 Å². The lowest BCUT2D eigenvalue weighted by atomic mass is 10.1. The molecule has 0 aliphatic rings. The normalized spacial score (nSPS) is 10.2. The van der Waals surface area contributed by atoms with E-state index in [2.05, 4.69) is 4.98 Å². The molecule has 0 N–H and O–H groups in total. The fourth-order valence-electron chi connectivity index (χ4n) is 1.36. The highest BCUT2D eigenvalue weighted by atomic mass is 19.2. The van der Waals surface area contributed by atoms with Crippen molar-refractivity contribution in [2.24, 2.45) is 0 Å². The van der Waals surface area contributed by atoms with Crippen LogP contribution < -0.4 is 4.74 Å². The zero-order valence-corrected chi connectivity index (χ0v) is 8.58. The van der Waals surface area contributed by atoms with Crippen molar-refractivity contribution >= 4 is 0 Å². The molecule has 1 heterocycles. The minimum Gasteiger partial charge on any atom is -0.495 e. The lowest BCUT2D eigenvalue weighted by molar-refractivity contribution is 0.413. The van der Waals surface area contributed by atoms with E-state index in [1.807, 2.05) is 0 Å². The van der Waals surface area contributed by atoms with E-state index >= 15 is 0 Å². The van der Waals surface area contributed by atoms with E-state index in [0.29, 0.717) is 11.4 Å². The fourth-order valence-corrected chi connectivity index (χ4v) is 1.36. The highest BCUT2D eigenvalue weighted by molar-refractivity contribution is 5.60. The average molecular weight is 221 g/mol. The summed E-state index contributed by atoms with van der Waals surface area (Å²) in [5.74, 6) is -1.20. The van der Waals surface area contributed by atoms with Gasteiger partial charge in [0.25, 0.3) is 0 Å². The minimum atomic E-state index is -0.889. The number of hydrogen-bond donors (Lipinski definition) is 0. The third-order valence-electron chi connectivity index (χ3n) is 2.20. The number of ether oxygens (including phenoxy) is 1. The third kappa shape index (κ3) is 1.86. The van der Waals surface area contributed by atoms with E-state index in [1.165, 1.54) is 25.4 Å². The van der Waals surface area contributed by atoms with Crippen LogP contribution in [0.5, 0.6) is 5.75 Å². The maximum absolute atomic E-state index is 13.4. The molecule has 4 heteroatoms. The monoisotopic (exact) mass is 221 g/mol. The molecule has 2 nitrogen and oxygen atoms in total. The molecular formula is C12H9F2NO. The molecule has 0 fully saturated rings. The first-order valence-corrected chi connectivity index (χ1v) is 4.67. The largest absolute Gasteiger partial charge is 0.495 e. The zero-order valence-electron chi connectivity index (χ0n) is 8.58. The highest BCUT2D eigenvalue weighted by Gasteiger charge is 2.10. The molecule has 0 amide bonds. The summed E-state index contributed by atoms with van der Waals surface area (Å²) in [7, 11) is 1.51. The van der Waals surface area contributed by atoms with Gasteiger partial charge in [0, 0.05) is 5.56 Å². The molecule has 0 aliphatic heterocycles. The molecule has 0 saturated carbocycles. The molecule has 82 valence electrons. The van der Waals surface area contributed by atoms with Crippen LogP contribution in [-0.4, -0.2) is 12.1 Å². The van der Waals surface area contributed by atoms with Gasteiger partial charge >= 0.3 is 0 Å². The Balaban J connectivity index is 2.46. The molecule has 2 aromatic rings. The molecule has 0 unspecified atom stereocenters. The van der Waals surface area contributed by atoms with Crippen LogP contribution in [-0.2, 0) is 0 Å². The Kier molecular flexibility index (Phi) is 2.81. The average Bonchev–Trinajstić information content (AvgIpc) is 2.33. The first kappa shape index (κ1) is 10.5. The molecule has 2 rings (SSSR count). The van der Waals surface area contributed by atoms with Gasteiger partial charge in [-0.2, -0.15) is 0 Å². The molecule has 0 aliphatic carbocycles. The number of benzene rings is 1. The molecule has 0 atom stereocenters. The van der Waals surface area contributed by atoms with Crippen LogP contribution in [0.2, 0.25) is 0 Å². The Morgan fingerprint density at radius 2 is 1.94 bits per heavy atom. The first-order chi connectivity index (χ1) is 7.72. The fraction of sp³-hybridized carbons (Fsp3) is 0.0833. The molecule has 0 radical (unpaired) electrons. The molecular weight excluding hydrogens is 212 g/mol. The van der Waals surface area contributed by atoms with Crippen molar-refractivity contribution in [2.75, 3.05) is 7.11 Å². The number of rotatable bonds is 2. The summed E-state index contributed by atoms with van der Waals surface area (Å²) in [6.45, 7) is 0. The van der Waals surface area contributed by atoms with Gasteiger partial charge in [-0.1, -0.05) is 6.07 Å². The maximum Gasteiger partial charge on any atom is 0.168 e. The summed E-state index contributed by atoms with van der Waals surface area (Å²) in [6, 6.07) is 7.22. The van der Waals surface area contributed by atoms with Gasteiger partial charge in [-0.15, -0.1) is 0 Å². The lowest BCUT2D eigenvalue weighted by Crippen LogP contribution is -1.92. The quantitative estimate of drug-likeness (QED) is 0.777. The van der Waals surface area contributed by atoms with Gasteiger partial charge in [0.1, 0.15) is 5.75 Å². The van der Waals surface area contributed by atoms with Gasteiger partial charge in [-0.05, 0) is 24.3 Å². The molecule has 16 heavy (non-hydrogen) atoms. The minimum absolute atomic E-state index is 0.141. The summed E-state index contributed by atoms with van der Waals surface area (Å²) in [6.07, 6.45) is 1.46. The second-order valence-corrected chi connectivity index (χ2v) is 3.18. The zero-order chi connectivity index (χ0) is 11.5. The Morgan fingerprint density at radius 3 is 2.56 bits per heavy atom. The molecule has 0 bridgehead atoms. The van der Waals surface area contributed by atoms with Gasteiger partial charge in [-0.3, -0.25) is 4.98 Å². The number of nitrogens with zero attached hydrogens (tertiary/aromatic N) is 1. The van der Waals surface area contributed by atoms with Crippen LogP contribution in [0.1, 0.15) is 0 Å². The van der Waals surface area contributed by atoms with E-state index in [9.17, 15) is 8.78 Å². The van der Waals surface area contributed by atoms with Gasteiger partial charge in [0.15, 0.2) is 11.6 Å². The van der Waals surface area contributed by atoms with Crippen LogP contribution in [0.3, 0.4) is 0 Å². The van der Waals surface area contributed by atoms with Gasteiger partial charge < -0.3 is 4.74 Å². The molecule has 1 aromatic heterocycles. The van der Waals surface area contributed by atoms with E-state index in [-0.39, 0.29) is 5.56 Å². The standard InChI is InChI=1S/C12H9F2NO/c1-16-8-5-6-11(15-7-8)9-3-2-4-10(13)12(9)14/h2-7H,1H3. The van der Waals surface area contributed by atoms with Crippen molar-refractivity contribution in [1.29, 1.82) is 0 Å². The van der Waals surface area contributed by atoms with Crippen LogP contribution in [0.4, 0.5) is 8.78 Å². The Hall–Kier alpha value is -1.97. The van der Waals surface area contributed by atoms with Gasteiger partial charge in [0.05, 0.1) is 19.0 Å².